The van der Waals surface area contributed by atoms with Crippen molar-refractivity contribution < 1.29 is 4.74 Å². The van der Waals surface area contributed by atoms with E-state index >= 15 is 0 Å². The van der Waals surface area contributed by atoms with Gasteiger partial charge >= 0.3 is 0 Å². The van der Waals surface area contributed by atoms with Gasteiger partial charge in [-0.1, -0.05) is 16.7 Å². The largest absolute Gasteiger partial charge is 0.489 e. The molecule has 0 aromatic heterocycles. The second-order valence-corrected chi connectivity index (χ2v) is 3.38. The number of rotatable bonds is 3. The Morgan fingerprint density at radius 3 is 2.71 bits per heavy atom. The first-order valence-electron chi connectivity index (χ1n) is 4.15. The van der Waals surface area contributed by atoms with Gasteiger partial charge in [-0.3, -0.25) is 0 Å². The minimum Gasteiger partial charge on any atom is -0.489 e. The highest BCUT2D eigenvalue weighted by Crippen LogP contribution is 2.29. The predicted octanol–water partition coefficient (Wildman–Crippen LogP) is 4.07. The lowest BCUT2D eigenvalue weighted by Gasteiger charge is -2.11. The first-order valence-corrected chi connectivity index (χ1v) is 4.52. The van der Waals surface area contributed by atoms with Crippen molar-refractivity contribution in [3.8, 4) is 5.75 Å². The Labute approximate surface area is 87.1 Å². The van der Waals surface area contributed by atoms with Crippen LogP contribution in [-0.2, 0) is 0 Å². The summed E-state index contributed by atoms with van der Waals surface area (Å²) in [6.45, 7) is 3.83. The molecule has 0 aliphatic carbocycles. The van der Waals surface area contributed by atoms with Gasteiger partial charge in [-0.05, 0) is 37.6 Å². The van der Waals surface area contributed by atoms with E-state index in [0.717, 1.165) is 0 Å². The van der Waals surface area contributed by atoms with Crippen LogP contribution in [0, 0.1) is 0 Å². The first-order chi connectivity index (χ1) is 6.63. The lowest BCUT2D eigenvalue weighted by molar-refractivity contribution is 0.242. The third-order valence-corrected chi connectivity index (χ3v) is 1.73. The predicted molar refractivity (Wildman–Crippen MR) is 56.0 cm³/mol. The zero-order valence-corrected chi connectivity index (χ0v) is 8.69. The zero-order valence-electron chi connectivity index (χ0n) is 7.94. The van der Waals surface area contributed by atoms with Gasteiger partial charge in [0.05, 0.1) is 11.1 Å². The van der Waals surface area contributed by atoms with Gasteiger partial charge in [-0.15, -0.1) is 0 Å². The summed E-state index contributed by atoms with van der Waals surface area (Å²) < 4.78 is 5.41. The van der Waals surface area contributed by atoms with E-state index in [2.05, 4.69) is 10.0 Å². The molecule has 1 rings (SSSR count). The molecule has 1 aromatic carbocycles. The summed E-state index contributed by atoms with van der Waals surface area (Å²) >= 11 is 5.90. The molecule has 4 nitrogen and oxygen atoms in total. The molecule has 14 heavy (non-hydrogen) atoms. The van der Waals surface area contributed by atoms with E-state index in [9.17, 15) is 0 Å². The van der Waals surface area contributed by atoms with Crippen molar-refractivity contribution >= 4 is 17.3 Å². The number of halogens is 1. The molecule has 0 fully saturated rings. The van der Waals surface area contributed by atoms with Crippen molar-refractivity contribution in [3.63, 3.8) is 0 Å². The Morgan fingerprint density at radius 1 is 1.50 bits per heavy atom. The Balaban J connectivity index is 2.95. The molecule has 0 saturated heterocycles. The molecule has 0 atom stereocenters. The number of ether oxygens (including phenoxy) is 1. The summed E-state index contributed by atoms with van der Waals surface area (Å²) in [5, 5.41) is 3.88. The van der Waals surface area contributed by atoms with Crippen LogP contribution in [0.2, 0.25) is 5.02 Å². The Hall–Kier alpha value is -1.38. The standard InChI is InChI=1S/C9H10ClN3O/c1-6(2)14-9-4-3-7(12-13-11)5-8(9)10/h3-6H,1-2H3. The second kappa shape index (κ2) is 4.74. The van der Waals surface area contributed by atoms with E-state index in [1.54, 1.807) is 18.2 Å². The molecule has 0 amide bonds. The fourth-order valence-electron chi connectivity index (χ4n) is 0.953. The van der Waals surface area contributed by atoms with Crippen LogP contribution in [0.4, 0.5) is 5.69 Å². The molecule has 0 saturated carbocycles. The van der Waals surface area contributed by atoms with Crippen LogP contribution in [0.1, 0.15) is 13.8 Å². The normalized spacial score (nSPS) is 9.71. The van der Waals surface area contributed by atoms with Gasteiger partial charge in [-0.2, -0.15) is 0 Å². The average molecular weight is 212 g/mol. The van der Waals surface area contributed by atoms with Crippen LogP contribution in [0.3, 0.4) is 0 Å². The Morgan fingerprint density at radius 2 is 2.21 bits per heavy atom. The van der Waals surface area contributed by atoms with E-state index in [-0.39, 0.29) is 6.10 Å². The molecule has 0 bridgehead atoms. The van der Waals surface area contributed by atoms with E-state index in [1.165, 1.54) is 0 Å². The molecule has 0 unspecified atom stereocenters. The fourth-order valence-corrected chi connectivity index (χ4v) is 1.17. The molecule has 0 aliphatic heterocycles. The van der Waals surface area contributed by atoms with Crippen molar-refractivity contribution in [2.75, 3.05) is 0 Å². The van der Waals surface area contributed by atoms with Crippen molar-refractivity contribution in [1.82, 2.24) is 0 Å². The van der Waals surface area contributed by atoms with Gasteiger partial charge < -0.3 is 4.74 Å². The molecule has 0 spiro atoms. The maximum atomic E-state index is 8.21. The SMILES string of the molecule is CC(C)Oc1ccc(N=[N+]=[N-])cc1Cl. The number of hydrogen-bond donors (Lipinski definition) is 0. The maximum Gasteiger partial charge on any atom is 0.138 e. The van der Waals surface area contributed by atoms with Crippen LogP contribution >= 0.6 is 11.6 Å². The van der Waals surface area contributed by atoms with E-state index < -0.39 is 0 Å². The average Bonchev–Trinajstić information content (AvgIpc) is 2.10. The highest BCUT2D eigenvalue weighted by Gasteiger charge is 2.03. The van der Waals surface area contributed by atoms with Crippen molar-refractivity contribution in [2.24, 2.45) is 5.11 Å². The third-order valence-electron chi connectivity index (χ3n) is 1.44. The van der Waals surface area contributed by atoms with Gasteiger partial charge in [0.1, 0.15) is 5.75 Å². The van der Waals surface area contributed by atoms with Gasteiger partial charge in [0.15, 0.2) is 0 Å². The summed E-state index contributed by atoms with van der Waals surface area (Å²) in [6.07, 6.45) is 0.0674. The topological polar surface area (TPSA) is 58.0 Å². The van der Waals surface area contributed by atoms with Crippen LogP contribution in [-0.4, -0.2) is 6.10 Å². The summed E-state index contributed by atoms with van der Waals surface area (Å²) in [6, 6.07) is 4.91. The molecule has 0 heterocycles. The van der Waals surface area contributed by atoms with Crippen molar-refractivity contribution in [3.05, 3.63) is 33.7 Å². The maximum absolute atomic E-state index is 8.21. The monoisotopic (exact) mass is 211 g/mol. The fraction of sp³-hybridized carbons (Fsp3) is 0.333. The molecule has 0 radical (unpaired) electrons. The Kier molecular flexibility index (Phi) is 3.63. The minimum absolute atomic E-state index is 0.0674. The van der Waals surface area contributed by atoms with Crippen LogP contribution in [0.15, 0.2) is 23.3 Å². The van der Waals surface area contributed by atoms with Crippen molar-refractivity contribution in [2.45, 2.75) is 20.0 Å². The van der Waals surface area contributed by atoms with E-state index in [4.69, 9.17) is 21.9 Å². The molecule has 0 aliphatic rings. The lowest BCUT2D eigenvalue weighted by atomic mass is 10.3. The van der Waals surface area contributed by atoms with Gasteiger partial charge in [0.2, 0.25) is 0 Å². The van der Waals surface area contributed by atoms with Crippen LogP contribution in [0.5, 0.6) is 5.75 Å². The van der Waals surface area contributed by atoms with Gasteiger partial charge in [0.25, 0.3) is 0 Å². The second-order valence-electron chi connectivity index (χ2n) is 2.97. The highest BCUT2D eigenvalue weighted by molar-refractivity contribution is 6.32. The lowest BCUT2D eigenvalue weighted by Crippen LogP contribution is -2.05. The van der Waals surface area contributed by atoms with Gasteiger partial charge in [-0.25, -0.2) is 0 Å². The molecular formula is C9H10ClN3O. The zero-order chi connectivity index (χ0) is 10.6. The van der Waals surface area contributed by atoms with Crippen LogP contribution in [0.25, 0.3) is 10.4 Å². The summed E-state index contributed by atoms with van der Waals surface area (Å²) in [5.74, 6) is 0.596. The van der Waals surface area contributed by atoms with Gasteiger partial charge in [0, 0.05) is 10.6 Å². The number of azide groups is 1. The van der Waals surface area contributed by atoms with Crippen LogP contribution < -0.4 is 4.74 Å². The smallest absolute Gasteiger partial charge is 0.138 e. The number of hydrogen-bond acceptors (Lipinski definition) is 2. The molecular weight excluding hydrogens is 202 g/mol. The Bertz CT molecular complexity index is 372. The van der Waals surface area contributed by atoms with Crippen molar-refractivity contribution in [1.29, 1.82) is 0 Å². The minimum atomic E-state index is 0.0674. The highest BCUT2D eigenvalue weighted by atomic mass is 35.5. The number of benzene rings is 1. The summed E-state index contributed by atoms with van der Waals surface area (Å²) in [4.78, 5) is 2.66. The molecule has 5 heteroatoms. The number of nitrogens with zero attached hydrogens (tertiary/aromatic N) is 3. The summed E-state index contributed by atoms with van der Waals surface area (Å²) in [7, 11) is 0. The molecule has 1 aromatic rings. The molecule has 74 valence electrons. The first kappa shape index (κ1) is 10.7. The van der Waals surface area contributed by atoms with E-state index in [0.29, 0.717) is 16.5 Å². The summed E-state index contributed by atoms with van der Waals surface area (Å²) in [5.41, 5.74) is 8.69. The quantitative estimate of drug-likeness (QED) is 0.422. The van der Waals surface area contributed by atoms with E-state index in [1.807, 2.05) is 13.8 Å². The molecule has 0 N–H and O–H groups in total. The third kappa shape index (κ3) is 2.83.